The predicted octanol–water partition coefficient (Wildman–Crippen LogP) is 2.93. The minimum atomic E-state index is -0.191. The predicted molar refractivity (Wildman–Crippen MR) is 92.7 cm³/mol. The van der Waals surface area contributed by atoms with Gasteiger partial charge in [0.1, 0.15) is 6.33 Å². The number of benzene rings is 2. The first-order valence-electron chi connectivity index (χ1n) is 7.51. The van der Waals surface area contributed by atoms with Crippen molar-refractivity contribution in [2.45, 2.75) is 13.8 Å². The molecule has 0 aliphatic rings. The highest BCUT2D eigenvalue weighted by Gasteiger charge is 2.02. The average molecular weight is 319 g/mol. The molecule has 1 aromatic heterocycles. The molecular formula is C18H17N5O. The number of hydrogen-bond acceptors (Lipinski definition) is 4. The Morgan fingerprint density at radius 1 is 1.17 bits per heavy atom. The summed E-state index contributed by atoms with van der Waals surface area (Å²) >= 11 is 0. The van der Waals surface area contributed by atoms with E-state index < -0.39 is 0 Å². The Morgan fingerprint density at radius 3 is 2.79 bits per heavy atom. The van der Waals surface area contributed by atoms with Gasteiger partial charge in [-0.25, -0.2) is 4.68 Å². The molecule has 24 heavy (non-hydrogen) atoms. The lowest BCUT2D eigenvalue weighted by atomic mass is 10.1. The van der Waals surface area contributed by atoms with Crippen LogP contribution >= 0.6 is 0 Å². The standard InChI is InChI=1S/C18H17N5O/c1-13-6-7-15(14(2)10-13)8-9-18(24)20-16-4-3-5-17(11-16)23-12-19-21-22-23/h3-12H,1-2H3,(H,20,24)/b9-8+. The molecule has 0 saturated carbocycles. The zero-order valence-corrected chi connectivity index (χ0v) is 13.5. The van der Waals surface area contributed by atoms with Gasteiger partial charge < -0.3 is 5.32 Å². The van der Waals surface area contributed by atoms with E-state index in [-0.39, 0.29) is 5.91 Å². The van der Waals surface area contributed by atoms with Gasteiger partial charge in [0, 0.05) is 11.8 Å². The molecule has 0 bridgehead atoms. The Hall–Kier alpha value is -3.28. The molecule has 120 valence electrons. The first kappa shape index (κ1) is 15.6. The lowest BCUT2D eigenvalue weighted by Crippen LogP contribution is -2.08. The minimum Gasteiger partial charge on any atom is -0.322 e. The smallest absolute Gasteiger partial charge is 0.248 e. The van der Waals surface area contributed by atoms with E-state index in [1.54, 1.807) is 6.07 Å². The van der Waals surface area contributed by atoms with Crippen molar-refractivity contribution < 1.29 is 4.79 Å². The molecule has 0 fully saturated rings. The van der Waals surface area contributed by atoms with Gasteiger partial charge in [0.2, 0.25) is 5.91 Å². The summed E-state index contributed by atoms with van der Waals surface area (Å²) in [7, 11) is 0. The van der Waals surface area contributed by atoms with Crippen molar-refractivity contribution in [3.63, 3.8) is 0 Å². The van der Waals surface area contributed by atoms with Gasteiger partial charge in [-0.15, -0.1) is 5.10 Å². The summed E-state index contributed by atoms with van der Waals surface area (Å²) in [4.78, 5) is 12.1. The van der Waals surface area contributed by atoms with Crippen LogP contribution in [0, 0.1) is 13.8 Å². The molecule has 2 aromatic carbocycles. The van der Waals surface area contributed by atoms with Gasteiger partial charge in [-0.2, -0.15) is 0 Å². The molecule has 0 aliphatic carbocycles. The summed E-state index contributed by atoms with van der Waals surface area (Å²) in [6, 6.07) is 13.4. The number of carbonyl (C=O) groups excluding carboxylic acids is 1. The molecular weight excluding hydrogens is 302 g/mol. The Bertz CT molecular complexity index is 884. The van der Waals surface area contributed by atoms with E-state index in [9.17, 15) is 4.79 Å². The molecule has 6 heteroatoms. The molecule has 0 atom stereocenters. The lowest BCUT2D eigenvalue weighted by molar-refractivity contribution is -0.111. The number of tetrazole rings is 1. The van der Waals surface area contributed by atoms with Crippen molar-refractivity contribution in [3.8, 4) is 5.69 Å². The number of nitrogens with zero attached hydrogens (tertiary/aromatic N) is 4. The van der Waals surface area contributed by atoms with E-state index in [2.05, 4.69) is 26.9 Å². The second-order valence-corrected chi connectivity index (χ2v) is 5.49. The van der Waals surface area contributed by atoms with Crippen molar-refractivity contribution in [3.05, 3.63) is 71.6 Å². The Balaban J connectivity index is 1.71. The maximum atomic E-state index is 12.1. The zero-order chi connectivity index (χ0) is 16.9. The topological polar surface area (TPSA) is 72.7 Å². The van der Waals surface area contributed by atoms with Gasteiger partial charge in [-0.05, 0) is 59.7 Å². The third-order valence-corrected chi connectivity index (χ3v) is 3.57. The quantitative estimate of drug-likeness (QED) is 0.750. The zero-order valence-electron chi connectivity index (χ0n) is 13.5. The molecule has 1 amide bonds. The largest absolute Gasteiger partial charge is 0.322 e. The number of aryl methyl sites for hydroxylation is 2. The average Bonchev–Trinajstić information content (AvgIpc) is 3.09. The summed E-state index contributed by atoms with van der Waals surface area (Å²) in [5.74, 6) is -0.191. The van der Waals surface area contributed by atoms with Crippen LogP contribution in [0.2, 0.25) is 0 Å². The summed E-state index contributed by atoms with van der Waals surface area (Å²) < 4.78 is 1.53. The summed E-state index contributed by atoms with van der Waals surface area (Å²) in [6.45, 7) is 4.07. The van der Waals surface area contributed by atoms with E-state index in [4.69, 9.17) is 0 Å². The van der Waals surface area contributed by atoms with Crippen molar-refractivity contribution in [2.24, 2.45) is 0 Å². The number of anilines is 1. The first-order valence-corrected chi connectivity index (χ1v) is 7.51. The van der Waals surface area contributed by atoms with Crippen LogP contribution in [0.4, 0.5) is 5.69 Å². The van der Waals surface area contributed by atoms with Gasteiger partial charge in [-0.1, -0.05) is 29.8 Å². The van der Waals surface area contributed by atoms with Crippen molar-refractivity contribution in [1.29, 1.82) is 0 Å². The summed E-state index contributed by atoms with van der Waals surface area (Å²) in [5, 5.41) is 13.9. The van der Waals surface area contributed by atoms with Gasteiger partial charge in [-0.3, -0.25) is 4.79 Å². The van der Waals surface area contributed by atoms with Gasteiger partial charge in [0.25, 0.3) is 0 Å². The van der Waals surface area contributed by atoms with E-state index in [0.717, 1.165) is 16.8 Å². The Kier molecular flexibility index (Phi) is 4.47. The fraction of sp³-hybridized carbons (Fsp3) is 0.111. The van der Waals surface area contributed by atoms with E-state index in [0.29, 0.717) is 5.69 Å². The number of hydrogen-bond donors (Lipinski definition) is 1. The van der Waals surface area contributed by atoms with Crippen LogP contribution in [-0.4, -0.2) is 26.1 Å². The van der Waals surface area contributed by atoms with Crippen LogP contribution in [0.1, 0.15) is 16.7 Å². The van der Waals surface area contributed by atoms with Crippen LogP contribution in [0.3, 0.4) is 0 Å². The molecule has 0 spiro atoms. The van der Waals surface area contributed by atoms with Crippen LogP contribution in [-0.2, 0) is 4.79 Å². The SMILES string of the molecule is Cc1ccc(/C=C/C(=O)Nc2cccc(-n3cnnn3)c2)c(C)c1. The van der Waals surface area contributed by atoms with Crippen LogP contribution in [0.25, 0.3) is 11.8 Å². The van der Waals surface area contributed by atoms with E-state index in [1.807, 2.05) is 50.3 Å². The minimum absolute atomic E-state index is 0.191. The Labute approximate surface area is 139 Å². The highest BCUT2D eigenvalue weighted by atomic mass is 16.1. The second kappa shape index (κ2) is 6.87. The highest BCUT2D eigenvalue weighted by Crippen LogP contribution is 2.14. The molecule has 3 aromatic rings. The van der Waals surface area contributed by atoms with Crippen molar-refractivity contribution >= 4 is 17.7 Å². The maximum absolute atomic E-state index is 12.1. The monoisotopic (exact) mass is 319 g/mol. The molecule has 6 nitrogen and oxygen atoms in total. The van der Waals surface area contributed by atoms with Crippen molar-refractivity contribution in [2.75, 3.05) is 5.32 Å². The third-order valence-electron chi connectivity index (χ3n) is 3.57. The first-order chi connectivity index (χ1) is 11.6. The van der Waals surface area contributed by atoms with Crippen LogP contribution < -0.4 is 5.32 Å². The van der Waals surface area contributed by atoms with E-state index in [1.165, 1.54) is 22.6 Å². The highest BCUT2D eigenvalue weighted by molar-refractivity contribution is 6.02. The normalized spacial score (nSPS) is 10.9. The number of carbonyl (C=O) groups is 1. The van der Waals surface area contributed by atoms with Crippen molar-refractivity contribution in [1.82, 2.24) is 20.2 Å². The summed E-state index contributed by atoms with van der Waals surface area (Å²) in [6.07, 6.45) is 4.84. The Morgan fingerprint density at radius 2 is 2.04 bits per heavy atom. The molecule has 0 saturated heterocycles. The molecule has 0 unspecified atom stereocenters. The third kappa shape index (κ3) is 3.73. The van der Waals surface area contributed by atoms with Gasteiger partial charge in [0.05, 0.1) is 5.69 Å². The number of aromatic nitrogens is 4. The van der Waals surface area contributed by atoms with Gasteiger partial charge in [0.15, 0.2) is 0 Å². The fourth-order valence-corrected chi connectivity index (χ4v) is 2.37. The van der Waals surface area contributed by atoms with Gasteiger partial charge >= 0.3 is 0 Å². The number of rotatable bonds is 4. The van der Waals surface area contributed by atoms with Crippen LogP contribution in [0.15, 0.2) is 54.9 Å². The molecule has 0 radical (unpaired) electrons. The molecule has 1 heterocycles. The maximum Gasteiger partial charge on any atom is 0.248 e. The van der Waals surface area contributed by atoms with E-state index >= 15 is 0 Å². The van der Waals surface area contributed by atoms with Crippen LogP contribution in [0.5, 0.6) is 0 Å². The summed E-state index contributed by atoms with van der Waals surface area (Å²) in [5.41, 5.74) is 4.82. The molecule has 1 N–H and O–H groups in total. The lowest BCUT2D eigenvalue weighted by Gasteiger charge is -2.05. The second-order valence-electron chi connectivity index (χ2n) is 5.49. The number of nitrogens with one attached hydrogen (secondary N) is 1. The number of amides is 1. The molecule has 3 rings (SSSR count). The molecule has 0 aliphatic heterocycles. The fourth-order valence-electron chi connectivity index (χ4n) is 2.37.